The van der Waals surface area contributed by atoms with Crippen LogP contribution in [0, 0.1) is 10.8 Å². The number of aromatic hydroxyl groups is 1. The van der Waals surface area contributed by atoms with Crippen LogP contribution in [-0.4, -0.2) is 17.1 Å². The van der Waals surface area contributed by atoms with Crippen molar-refractivity contribution in [3.05, 3.63) is 30.3 Å². The number of nitrogens with two attached hydrogens (primary N) is 2. The molecule has 6 nitrogen and oxygen atoms in total. The molecule has 0 aromatic heterocycles. The summed E-state index contributed by atoms with van der Waals surface area (Å²) in [6.45, 7) is 0. The van der Waals surface area contributed by atoms with Crippen molar-refractivity contribution in [2.75, 3.05) is 0 Å². The Morgan fingerprint density at radius 3 is 1.71 bits per heavy atom. The molecule has 0 fully saturated rings. The highest BCUT2D eigenvalue weighted by Gasteiger charge is 1.74. The normalized spacial score (nSPS) is 6.57. The van der Waals surface area contributed by atoms with Gasteiger partial charge in [0.25, 0.3) is 0 Å². The molecule has 0 aliphatic rings. The molecular formula is C8H12N4O2. The van der Waals surface area contributed by atoms with Crippen LogP contribution < -0.4 is 11.5 Å². The van der Waals surface area contributed by atoms with E-state index in [1.54, 1.807) is 24.3 Å². The van der Waals surface area contributed by atoms with E-state index in [2.05, 4.69) is 11.5 Å². The smallest absolute Gasteiger partial charge is 0.231 e. The maximum absolute atomic E-state index is 8.63. The highest BCUT2D eigenvalue weighted by Crippen LogP contribution is 2.02. The zero-order valence-corrected chi connectivity index (χ0v) is 7.40. The van der Waals surface area contributed by atoms with E-state index in [0.717, 1.165) is 6.08 Å². The van der Waals surface area contributed by atoms with Crippen LogP contribution in [0.3, 0.4) is 0 Å². The summed E-state index contributed by atoms with van der Waals surface area (Å²) in [5.41, 5.74) is 8.94. The molecular weight excluding hydrogens is 184 g/mol. The summed E-state index contributed by atoms with van der Waals surface area (Å²) in [5, 5.41) is 20.1. The largest absolute Gasteiger partial charge is 0.508 e. The zero-order valence-electron chi connectivity index (χ0n) is 7.40. The molecule has 6 heteroatoms. The number of hydrogen-bond donors (Lipinski definition) is 5. The molecule has 0 saturated carbocycles. The van der Waals surface area contributed by atoms with Gasteiger partial charge in [0, 0.05) is 0 Å². The molecule has 0 spiro atoms. The lowest BCUT2D eigenvalue weighted by molar-refractivity contribution is 0.475. The average Bonchev–Trinajstić information content (AvgIpc) is 2.05. The third-order valence-electron chi connectivity index (χ3n) is 0.756. The van der Waals surface area contributed by atoms with Crippen molar-refractivity contribution in [2.24, 2.45) is 11.5 Å². The van der Waals surface area contributed by atoms with Gasteiger partial charge in [0.2, 0.25) is 6.08 Å². The van der Waals surface area contributed by atoms with Crippen molar-refractivity contribution in [2.45, 2.75) is 0 Å². The number of carbonyl (C=O) groups excluding carboxylic acids is 1. The molecule has 1 rings (SSSR count). The van der Waals surface area contributed by atoms with Gasteiger partial charge < -0.3 is 16.6 Å². The van der Waals surface area contributed by atoms with Crippen molar-refractivity contribution in [3.63, 3.8) is 0 Å². The van der Waals surface area contributed by atoms with E-state index in [0.29, 0.717) is 5.75 Å². The molecule has 0 atom stereocenters. The fraction of sp³-hybridized carbons (Fsp3) is 0. The first kappa shape index (κ1) is 14.2. The molecule has 0 radical (unpaired) electrons. The van der Waals surface area contributed by atoms with E-state index in [-0.39, 0.29) is 5.96 Å². The Morgan fingerprint density at radius 2 is 1.57 bits per heavy atom. The Kier molecular flexibility index (Phi) is 10.8. The Labute approximate surface area is 81.2 Å². The van der Waals surface area contributed by atoms with Crippen LogP contribution in [0.2, 0.25) is 0 Å². The van der Waals surface area contributed by atoms with Crippen LogP contribution in [0.15, 0.2) is 30.3 Å². The van der Waals surface area contributed by atoms with Gasteiger partial charge in [0.15, 0.2) is 5.96 Å². The molecule has 0 amide bonds. The van der Waals surface area contributed by atoms with Gasteiger partial charge in [-0.3, -0.25) is 5.41 Å². The summed E-state index contributed by atoms with van der Waals surface area (Å²) in [6.07, 6.45) is 0.750. The predicted molar refractivity (Wildman–Crippen MR) is 52.6 cm³/mol. The number of nitrogens with one attached hydrogen (secondary N) is 2. The van der Waals surface area contributed by atoms with Crippen molar-refractivity contribution in [3.8, 4) is 5.75 Å². The third kappa shape index (κ3) is 22.6. The Morgan fingerprint density at radius 1 is 1.29 bits per heavy atom. The van der Waals surface area contributed by atoms with Crippen LogP contribution in [0.1, 0.15) is 0 Å². The number of phenols is 1. The molecule has 1 aromatic carbocycles. The second-order valence-corrected chi connectivity index (χ2v) is 1.89. The number of phenolic OH excluding ortho intramolecular Hbond substituents is 1. The standard InChI is InChI=1S/C6H6O.CH5N3.CHNO/c7-6-4-2-1-3-5-6;2-1(3)4;2-1-3/h1-5,7H;(H5,2,3,4);2H. The number of benzene rings is 1. The maximum Gasteiger partial charge on any atom is 0.231 e. The van der Waals surface area contributed by atoms with Crippen LogP contribution >= 0.6 is 0 Å². The average molecular weight is 196 g/mol. The van der Waals surface area contributed by atoms with E-state index in [1.165, 1.54) is 0 Å². The second kappa shape index (κ2) is 10.7. The van der Waals surface area contributed by atoms with E-state index >= 15 is 0 Å². The Balaban J connectivity index is 0. The van der Waals surface area contributed by atoms with Gasteiger partial charge in [-0.2, -0.15) is 0 Å². The van der Waals surface area contributed by atoms with Gasteiger partial charge in [-0.15, -0.1) is 0 Å². The van der Waals surface area contributed by atoms with Crippen LogP contribution in [-0.2, 0) is 4.79 Å². The lowest BCUT2D eigenvalue weighted by Crippen LogP contribution is -2.20. The molecule has 0 bridgehead atoms. The monoisotopic (exact) mass is 196 g/mol. The number of guanidine groups is 1. The summed E-state index contributed by atoms with van der Waals surface area (Å²) < 4.78 is 0. The lowest BCUT2D eigenvalue weighted by Gasteiger charge is -1.82. The fourth-order valence-corrected chi connectivity index (χ4v) is 0.428. The summed E-state index contributed by atoms with van der Waals surface area (Å²) in [7, 11) is 0. The SMILES string of the molecule is N=C(N)N.N=C=O.Oc1ccccc1. The van der Waals surface area contributed by atoms with Gasteiger partial charge in [0.1, 0.15) is 5.75 Å². The number of rotatable bonds is 0. The Hall–Kier alpha value is -2.33. The number of para-hydroxylation sites is 1. The number of isocyanates is 1. The van der Waals surface area contributed by atoms with E-state index in [4.69, 9.17) is 20.7 Å². The first-order valence-electron chi connectivity index (χ1n) is 3.42. The van der Waals surface area contributed by atoms with E-state index in [9.17, 15) is 0 Å². The molecule has 1 aromatic rings. The molecule has 76 valence electrons. The quantitative estimate of drug-likeness (QED) is 0.229. The number of hydrogen-bond acceptors (Lipinski definition) is 4. The van der Waals surface area contributed by atoms with Gasteiger partial charge in [0.05, 0.1) is 0 Å². The molecule has 7 N–H and O–H groups in total. The summed E-state index contributed by atoms with van der Waals surface area (Å²) >= 11 is 0. The van der Waals surface area contributed by atoms with Gasteiger partial charge in [-0.05, 0) is 12.1 Å². The zero-order chi connectivity index (χ0) is 11.4. The second-order valence-electron chi connectivity index (χ2n) is 1.89. The topological polar surface area (TPSA) is 137 Å². The summed E-state index contributed by atoms with van der Waals surface area (Å²) in [5.74, 6) is -0.0116. The van der Waals surface area contributed by atoms with Crippen LogP contribution in [0.25, 0.3) is 0 Å². The Bertz CT molecular complexity index is 277. The molecule has 0 unspecified atom stereocenters. The minimum atomic E-state index is -0.333. The van der Waals surface area contributed by atoms with Crippen LogP contribution in [0.4, 0.5) is 0 Å². The minimum absolute atomic E-state index is 0.322. The first-order chi connectivity index (χ1) is 6.54. The maximum atomic E-state index is 8.63. The lowest BCUT2D eigenvalue weighted by atomic mass is 10.3. The van der Waals surface area contributed by atoms with E-state index < -0.39 is 0 Å². The van der Waals surface area contributed by atoms with Crippen LogP contribution in [0.5, 0.6) is 5.75 Å². The highest BCUT2D eigenvalue weighted by molar-refractivity contribution is 5.71. The third-order valence-corrected chi connectivity index (χ3v) is 0.756. The van der Waals surface area contributed by atoms with Crippen molar-refractivity contribution in [1.29, 1.82) is 10.8 Å². The van der Waals surface area contributed by atoms with Gasteiger partial charge in [-0.1, -0.05) is 18.2 Å². The molecule has 0 aliphatic heterocycles. The van der Waals surface area contributed by atoms with Gasteiger partial charge >= 0.3 is 0 Å². The van der Waals surface area contributed by atoms with Crippen molar-refractivity contribution < 1.29 is 9.90 Å². The molecule has 0 saturated heterocycles. The van der Waals surface area contributed by atoms with Gasteiger partial charge in [-0.25, -0.2) is 10.2 Å². The predicted octanol–water partition coefficient (Wildman–Crippen LogP) is 0.132. The molecule has 0 heterocycles. The molecule has 0 aliphatic carbocycles. The highest BCUT2D eigenvalue weighted by atomic mass is 16.3. The fourth-order valence-electron chi connectivity index (χ4n) is 0.428. The minimum Gasteiger partial charge on any atom is -0.508 e. The van der Waals surface area contributed by atoms with Crippen molar-refractivity contribution in [1.82, 2.24) is 0 Å². The summed E-state index contributed by atoms with van der Waals surface area (Å²) in [4.78, 5) is 8.35. The van der Waals surface area contributed by atoms with Crippen molar-refractivity contribution >= 4 is 12.0 Å². The summed E-state index contributed by atoms with van der Waals surface area (Å²) in [6, 6.07) is 8.71. The first-order valence-corrected chi connectivity index (χ1v) is 3.42. The molecule has 14 heavy (non-hydrogen) atoms. The van der Waals surface area contributed by atoms with E-state index in [1.807, 2.05) is 6.07 Å².